The Balaban J connectivity index is 2.34. The molecule has 1 saturated heterocycles. The molecular formula is C17H21NO9S. The average Bonchev–Trinajstić information content (AvgIpc) is 3.06. The fraction of sp³-hybridized carbons (Fsp3) is 0.588. The first-order valence-electron chi connectivity index (χ1n) is 8.48. The molecule has 28 heavy (non-hydrogen) atoms. The number of carbonyl (C=O) groups excluding carboxylic acids is 4. The summed E-state index contributed by atoms with van der Waals surface area (Å²) in [5.74, 6) is -2.50. The summed E-state index contributed by atoms with van der Waals surface area (Å²) in [6, 6.07) is 0. The lowest BCUT2D eigenvalue weighted by atomic mass is 9.99. The van der Waals surface area contributed by atoms with Gasteiger partial charge in [0.05, 0.1) is 13.2 Å². The standard InChI is InChI=1S/C17H21NO9S/c1-5-23-17(22)11-7-28-16(18-11)15-14(27-10(4)21)13(26-9(3)20)12(6-24-15)25-8(2)19/h7,12-15H,5-6H2,1-4H3/t12-,13-,14+,15+/m0/s1. The zero-order valence-corrected chi connectivity index (χ0v) is 16.6. The van der Waals surface area contributed by atoms with E-state index in [9.17, 15) is 19.2 Å². The molecule has 1 aromatic rings. The molecule has 0 saturated carbocycles. The Labute approximate surface area is 165 Å². The molecular weight excluding hydrogens is 394 g/mol. The van der Waals surface area contributed by atoms with Crippen LogP contribution in [0.3, 0.4) is 0 Å². The number of ether oxygens (including phenoxy) is 5. The van der Waals surface area contributed by atoms with Gasteiger partial charge in [-0.1, -0.05) is 0 Å². The number of hydrogen-bond acceptors (Lipinski definition) is 11. The van der Waals surface area contributed by atoms with Gasteiger partial charge in [-0.05, 0) is 6.92 Å². The molecule has 1 fully saturated rings. The maximum atomic E-state index is 11.9. The van der Waals surface area contributed by atoms with Gasteiger partial charge < -0.3 is 23.7 Å². The van der Waals surface area contributed by atoms with Gasteiger partial charge in [0.1, 0.15) is 11.1 Å². The molecule has 11 heteroatoms. The van der Waals surface area contributed by atoms with Crippen LogP contribution >= 0.6 is 11.3 Å². The van der Waals surface area contributed by atoms with E-state index in [0.29, 0.717) is 5.01 Å². The van der Waals surface area contributed by atoms with Crippen LogP contribution < -0.4 is 0 Å². The van der Waals surface area contributed by atoms with Crippen molar-refractivity contribution in [3.63, 3.8) is 0 Å². The molecule has 2 heterocycles. The van der Waals surface area contributed by atoms with Gasteiger partial charge in [0.25, 0.3) is 0 Å². The second-order valence-corrected chi connectivity index (χ2v) is 6.73. The van der Waals surface area contributed by atoms with Crippen LogP contribution in [0.2, 0.25) is 0 Å². The maximum Gasteiger partial charge on any atom is 0.357 e. The summed E-state index contributed by atoms with van der Waals surface area (Å²) in [4.78, 5) is 50.6. The molecule has 1 aromatic heterocycles. The smallest absolute Gasteiger partial charge is 0.357 e. The summed E-state index contributed by atoms with van der Waals surface area (Å²) in [7, 11) is 0. The molecule has 1 aliphatic heterocycles. The maximum absolute atomic E-state index is 11.9. The number of aromatic nitrogens is 1. The first kappa shape index (κ1) is 21.8. The Morgan fingerprint density at radius 3 is 2.25 bits per heavy atom. The molecule has 1 aliphatic rings. The van der Waals surface area contributed by atoms with Crippen molar-refractivity contribution in [3.8, 4) is 0 Å². The monoisotopic (exact) mass is 415 g/mol. The third-order valence-electron chi connectivity index (χ3n) is 3.60. The Morgan fingerprint density at radius 2 is 1.68 bits per heavy atom. The molecule has 0 amide bonds. The highest BCUT2D eigenvalue weighted by atomic mass is 32.1. The highest BCUT2D eigenvalue weighted by molar-refractivity contribution is 7.09. The highest BCUT2D eigenvalue weighted by Crippen LogP contribution is 2.35. The second-order valence-electron chi connectivity index (χ2n) is 5.84. The number of nitrogens with zero attached hydrogens (tertiary/aromatic N) is 1. The third kappa shape index (κ3) is 5.49. The molecule has 154 valence electrons. The fourth-order valence-corrected chi connectivity index (χ4v) is 3.54. The number of rotatable bonds is 6. The predicted octanol–water partition coefficient (Wildman–Crippen LogP) is 1.19. The van der Waals surface area contributed by atoms with Gasteiger partial charge in [0, 0.05) is 26.2 Å². The number of thiazole rings is 1. The lowest BCUT2D eigenvalue weighted by Crippen LogP contribution is -2.54. The summed E-state index contributed by atoms with van der Waals surface area (Å²) < 4.78 is 26.4. The van der Waals surface area contributed by atoms with Crippen molar-refractivity contribution in [1.29, 1.82) is 0 Å². The molecule has 0 bridgehead atoms. The van der Waals surface area contributed by atoms with Crippen LogP contribution in [-0.4, -0.2) is 60.4 Å². The molecule has 0 unspecified atom stereocenters. The van der Waals surface area contributed by atoms with Crippen LogP contribution in [0.5, 0.6) is 0 Å². The minimum atomic E-state index is -1.12. The minimum Gasteiger partial charge on any atom is -0.461 e. The molecule has 4 atom stereocenters. The normalized spacial score (nSPS) is 24.1. The minimum absolute atomic E-state index is 0.0816. The van der Waals surface area contributed by atoms with E-state index in [1.54, 1.807) is 6.92 Å². The second kappa shape index (κ2) is 9.60. The van der Waals surface area contributed by atoms with Gasteiger partial charge in [0.2, 0.25) is 0 Å². The predicted molar refractivity (Wildman–Crippen MR) is 93.4 cm³/mol. The van der Waals surface area contributed by atoms with E-state index in [4.69, 9.17) is 23.7 Å². The van der Waals surface area contributed by atoms with Crippen molar-refractivity contribution in [1.82, 2.24) is 4.98 Å². The van der Waals surface area contributed by atoms with Gasteiger partial charge >= 0.3 is 23.9 Å². The zero-order valence-electron chi connectivity index (χ0n) is 15.8. The van der Waals surface area contributed by atoms with Crippen LogP contribution in [0.25, 0.3) is 0 Å². The topological polar surface area (TPSA) is 127 Å². The molecule has 0 spiro atoms. The first-order valence-corrected chi connectivity index (χ1v) is 9.36. The number of esters is 4. The van der Waals surface area contributed by atoms with Crippen molar-refractivity contribution in [2.75, 3.05) is 13.2 Å². The Kier molecular flexibility index (Phi) is 7.46. The van der Waals surface area contributed by atoms with Crippen LogP contribution in [0.1, 0.15) is 49.3 Å². The van der Waals surface area contributed by atoms with E-state index < -0.39 is 48.3 Å². The van der Waals surface area contributed by atoms with E-state index in [-0.39, 0.29) is 18.9 Å². The molecule has 0 aliphatic carbocycles. The van der Waals surface area contributed by atoms with Gasteiger partial charge in [-0.25, -0.2) is 9.78 Å². The van der Waals surface area contributed by atoms with Crippen molar-refractivity contribution in [2.24, 2.45) is 0 Å². The highest BCUT2D eigenvalue weighted by Gasteiger charge is 2.48. The summed E-state index contributed by atoms with van der Waals surface area (Å²) >= 11 is 1.10. The van der Waals surface area contributed by atoms with E-state index in [1.807, 2.05) is 0 Å². The third-order valence-corrected chi connectivity index (χ3v) is 4.51. The van der Waals surface area contributed by atoms with Crippen LogP contribution in [0.15, 0.2) is 5.38 Å². The van der Waals surface area contributed by atoms with E-state index in [0.717, 1.165) is 11.3 Å². The number of carbonyl (C=O) groups is 4. The van der Waals surface area contributed by atoms with Crippen LogP contribution in [-0.2, 0) is 38.1 Å². The van der Waals surface area contributed by atoms with Crippen LogP contribution in [0.4, 0.5) is 0 Å². The molecule has 2 rings (SSSR count). The van der Waals surface area contributed by atoms with E-state index in [2.05, 4.69) is 4.98 Å². The number of hydrogen-bond donors (Lipinski definition) is 0. The van der Waals surface area contributed by atoms with E-state index in [1.165, 1.54) is 26.2 Å². The fourth-order valence-electron chi connectivity index (χ4n) is 2.67. The lowest BCUT2D eigenvalue weighted by Gasteiger charge is -2.39. The van der Waals surface area contributed by atoms with Crippen molar-refractivity contribution < 1.29 is 42.9 Å². The Hall–Kier alpha value is -2.53. The average molecular weight is 415 g/mol. The van der Waals surface area contributed by atoms with Crippen LogP contribution in [0, 0.1) is 0 Å². The summed E-state index contributed by atoms with van der Waals surface area (Å²) in [5, 5.41) is 1.81. The Morgan fingerprint density at radius 1 is 1.07 bits per heavy atom. The summed E-state index contributed by atoms with van der Waals surface area (Å²) in [6.07, 6.45) is -4.11. The van der Waals surface area contributed by atoms with Crippen molar-refractivity contribution in [2.45, 2.75) is 52.1 Å². The quantitative estimate of drug-likeness (QED) is 0.493. The zero-order chi connectivity index (χ0) is 20.8. The summed E-state index contributed by atoms with van der Waals surface area (Å²) in [6.45, 7) is 5.31. The largest absolute Gasteiger partial charge is 0.461 e. The first-order chi connectivity index (χ1) is 13.2. The SMILES string of the molecule is CCOC(=O)c1csc([C@@H]2OC[C@H](OC(C)=O)[C@H](OC(C)=O)[C@H]2OC(C)=O)n1. The lowest BCUT2D eigenvalue weighted by molar-refractivity contribution is -0.227. The van der Waals surface area contributed by atoms with Gasteiger partial charge in [0.15, 0.2) is 24.0 Å². The molecule has 0 radical (unpaired) electrons. The van der Waals surface area contributed by atoms with Crippen molar-refractivity contribution in [3.05, 3.63) is 16.1 Å². The molecule has 0 aromatic carbocycles. The molecule has 10 nitrogen and oxygen atoms in total. The van der Waals surface area contributed by atoms with Crippen molar-refractivity contribution >= 4 is 35.2 Å². The summed E-state index contributed by atoms with van der Waals surface area (Å²) in [5.41, 5.74) is 0.0816. The van der Waals surface area contributed by atoms with Gasteiger partial charge in [-0.2, -0.15) is 0 Å². The van der Waals surface area contributed by atoms with Gasteiger partial charge in [-0.3, -0.25) is 14.4 Å². The van der Waals surface area contributed by atoms with Gasteiger partial charge in [-0.15, -0.1) is 11.3 Å². The Bertz CT molecular complexity index is 747. The molecule has 0 N–H and O–H groups in total. The van der Waals surface area contributed by atoms with E-state index >= 15 is 0 Å².